The Balaban J connectivity index is 0.000000303. The van der Waals surface area contributed by atoms with Gasteiger partial charge < -0.3 is 0 Å². The van der Waals surface area contributed by atoms with E-state index in [0.717, 1.165) is 0 Å². The van der Waals surface area contributed by atoms with E-state index in [2.05, 4.69) is 276 Å². The second-order valence-corrected chi connectivity index (χ2v) is 18.8. The van der Waals surface area contributed by atoms with Gasteiger partial charge in [0.15, 0.2) is 0 Å². The van der Waals surface area contributed by atoms with Crippen LogP contribution in [0, 0.1) is 0 Å². The standard InChI is InChI=1S/C54H40.C14H14.C2H6/c1-4-36-16-13-23-51-52(36)45-35-44(32-33-46(45)54(51)49-21-10-8-19-47(49)53(2,3)48-20-9-11-22-50(48)54)41-30-26-39(27-31-41)38-24-28-40(29-25-38)43-18-12-17-42(34-43)37-14-6-5-7-15-37;1-12(13-8-4-2-5-9-13)14-10-6-3-7-11-14;1-2/h4-35H,1H2,2-3H3;2-12H,1H3;1-2H3. The molecule has 0 unspecified atom stereocenters. The summed E-state index contributed by atoms with van der Waals surface area (Å²) >= 11 is 0. The lowest BCUT2D eigenvalue weighted by molar-refractivity contribution is 0.563. The minimum Gasteiger partial charge on any atom is -0.0984 e. The highest BCUT2D eigenvalue weighted by molar-refractivity contribution is 5.94. The Bertz CT molecular complexity index is 3320. The highest BCUT2D eigenvalue weighted by Crippen LogP contribution is 2.63. The van der Waals surface area contributed by atoms with E-state index in [1.54, 1.807) is 0 Å². The maximum atomic E-state index is 4.28. The average molecular weight is 901 g/mol. The van der Waals surface area contributed by atoms with Gasteiger partial charge in [0.2, 0.25) is 0 Å². The van der Waals surface area contributed by atoms with Crippen LogP contribution in [0.3, 0.4) is 0 Å². The number of hydrogen-bond acceptors (Lipinski definition) is 0. The van der Waals surface area contributed by atoms with Crippen LogP contribution in [-0.4, -0.2) is 0 Å². The molecule has 0 atom stereocenters. The molecular formula is C70H60. The van der Waals surface area contributed by atoms with Crippen molar-refractivity contribution in [3.05, 3.63) is 305 Å². The predicted octanol–water partition coefficient (Wildman–Crippen LogP) is 18.9. The first-order valence-corrected chi connectivity index (χ1v) is 24.9. The van der Waals surface area contributed by atoms with Crippen LogP contribution in [0.15, 0.2) is 255 Å². The van der Waals surface area contributed by atoms with E-state index in [1.807, 2.05) is 19.9 Å². The van der Waals surface area contributed by atoms with Gasteiger partial charge in [0.25, 0.3) is 0 Å². The topological polar surface area (TPSA) is 0 Å². The van der Waals surface area contributed by atoms with Gasteiger partial charge in [0, 0.05) is 11.3 Å². The summed E-state index contributed by atoms with van der Waals surface area (Å²) in [6, 6.07) is 90.8. The Morgan fingerprint density at radius 2 is 0.700 bits per heavy atom. The molecule has 0 aromatic heterocycles. The summed E-state index contributed by atoms with van der Waals surface area (Å²) in [5, 5.41) is 0. The molecule has 2 aliphatic carbocycles. The molecule has 1 spiro atoms. The molecule has 10 aromatic rings. The molecule has 0 heteroatoms. The summed E-state index contributed by atoms with van der Waals surface area (Å²) in [4.78, 5) is 0. The third kappa shape index (κ3) is 8.04. The zero-order valence-corrected chi connectivity index (χ0v) is 41.0. The van der Waals surface area contributed by atoms with Crippen LogP contribution < -0.4 is 0 Å². The number of benzene rings is 10. The highest BCUT2D eigenvalue weighted by Gasteiger charge is 2.53. The van der Waals surface area contributed by atoms with Crippen LogP contribution in [0.5, 0.6) is 0 Å². The summed E-state index contributed by atoms with van der Waals surface area (Å²) in [6.45, 7) is 15.3. The van der Waals surface area contributed by atoms with Crippen LogP contribution in [0.1, 0.15) is 90.6 Å². The fourth-order valence-corrected chi connectivity index (χ4v) is 11.2. The summed E-state index contributed by atoms with van der Waals surface area (Å²) in [5.74, 6) is 0.484. The third-order valence-corrected chi connectivity index (χ3v) is 14.8. The van der Waals surface area contributed by atoms with Crippen molar-refractivity contribution in [1.82, 2.24) is 0 Å². The highest BCUT2D eigenvalue weighted by atomic mass is 14.5. The molecule has 12 rings (SSSR count). The van der Waals surface area contributed by atoms with Crippen molar-refractivity contribution in [2.45, 2.75) is 51.4 Å². The Labute approximate surface area is 416 Å². The van der Waals surface area contributed by atoms with Crippen LogP contribution in [-0.2, 0) is 10.8 Å². The smallest absolute Gasteiger partial charge is 0.0719 e. The minimum absolute atomic E-state index is 0.118. The van der Waals surface area contributed by atoms with Gasteiger partial charge >= 0.3 is 0 Å². The third-order valence-electron chi connectivity index (χ3n) is 14.8. The molecule has 2 aliphatic rings. The first-order valence-electron chi connectivity index (χ1n) is 24.9. The van der Waals surface area contributed by atoms with E-state index < -0.39 is 5.41 Å². The molecule has 0 saturated heterocycles. The SMILES string of the molecule is C=Cc1cccc2c1-c1cc(-c3ccc(-c4ccc(-c5cccc(-c6ccccc6)c5)cc4)cc3)ccc1C21c2ccccc2C(C)(C)c2ccccc21.CC.CC(c1ccccc1)c1ccccc1. The maximum absolute atomic E-state index is 4.28. The van der Waals surface area contributed by atoms with Crippen molar-refractivity contribution >= 4 is 6.08 Å². The Morgan fingerprint density at radius 3 is 1.19 bits per heavy atom. The van der Waals surface area contributed by atoms with E-state index in [0.29, 0.717) is 5.92 Å². The minimum atomic E-state index is -0.413. The quantitative estimate of drug-likeness (QED) is 0.150. The molecule has 0 nitrogen and oxygen atoms in total. The maximum Gasteiger partial charge on any atom is 0.0719 e. The predicted molar refractivity (Wildman–Crippen MR) is 299 cm³/mol. The van der Waals surface area contributed by atoms with Gasteiger partial charge in [-0.3, -0.25) is 0 Å². The van der Waals surface area contributed by atoms with Gasteiger partial charge in [-0.15, -0.1) is 0 Å². The van der Waals surface area contributed by atoms with Crippen molar-refractivity contribution in [2.24, 2.45) is 0 Å². The van der Waals surface area contributed by atoms with Gasteiger partial charge in [0.05, 0.1) is 5.41 Å². The van der Waals surface area contributed by atoms with Crippen LogP contribution in [0.4, 0.5) is 0 Å². The fourth-order valence-electron chi connectivity index (χ4n) is 11.2. The van der Waals surface area contributed by atoms with Crippen molar-refractivity contribution in [1.29, 1.82) is 0 Å². The molecule has 0 radical (unpaired) electrons. The summed E-state index contributed by atoms with van der Waals surface area (Å²) in [7, 11) is 0. The first-order chi connectivity index (χ1) is 34.4. The van der Waals surface area contributed by atoms with E-state index >= 15 is 0 Å². The Morgan fingerprint density at radius 1 is 0.343 bits per heavy atom. The van der Waals surface area contributed by atoms with Crippen molar-refractivity contribution in [3.63, 3.8) is 0 Å². The van der Waals surface area contributed by atoms with Crippen molar-refractivity contribution < 1.29 is 0 Å². The fraction of sp³-hybridized carbons (Fsp3) is 0.114. The van der Waals surface area contributed by atoms with Gasteiger partial charge in [-0.25, -0.2) is 0 Å². The average Bonchev–Trinajstić information content (AvgIpc) is 3.74. The van der Waals surface area contributed by atoms with E-state index in [-0.39, 0.29) is 5.41 Å². The molecule has 0 heterocycles. The number of fused-ring (bicyclic) bond motifs is 9. The number of hydrogen-bond donors (Lipinski definition) is 0. The van der Waals surface area contributed by atoms with Crippen LogP contribution in [0.2, 0.25) is 0 Å². The van der Waals surface area contributed by atoms with Crippen molar-refractivity contribution in [3.8, 4) is 55.6 Å². The normalized spacial score (nSPS) is 13.1. The van der Waals surface area contributed by atoms with E-state index in [9.17, 15) is 0 Å². The van der Waals surface area contributed by atoms with Crippen molar-refractivity contribution in [2.75, 3.05) is 0 Å². The van der Waals surface area contributed by atoms with Gasteiger partial charge in [-0.05, 0) is 118 Å². The molecule has 0 N–H and O–H groups in total. The summed E-state index contributed by atoms with van der Waals surface area (Å²) < 4.78 is 0. The zero-order chi connectivity index (χ0) is 48.2. The summed E-state index contributed by atoms with van der Waals surface area (Å²) in [6.07, 6.45) is 2.03. The second kappa shape index (κ2) is 19.5. The molecule has 0 saturated carbocycles. The number of rotatable bonds is 7. The largest absolute Gasteiger partial charge is 0.0984 e. The molecule has 70 heavy (non-hydrogen) atoms. The molecule has 0 fully saturated rings. The molecular weight excluding hydrogens is 841 g/mol. The molecule has 10 aromatic carbocycles. The van der Waals surface area contributed by atoms with Crippen LogP contribution in [0.25, 0.3) is 61.7 Å². The van der Waals surface area contributed by atoms with Gasteiger partial charge in [0.1, 0.15) is 0 Å². The molecule has 0 bridgehead atoms. The first kappa shape index (κ1) is 45.7. The lowest BCUT2D eigenvalue weighted by Crippen LogP contribution is -2.40. The Hall–Kier alpha value is -8.06. The lowest BCUT2D eigenvalue weighted by atomic mass is 9.55. The summed E-state index contributed by atoms with van der Waals surface area (Å²) in [5.41, 5.74) is 23.9. The zero-order valence-electron chi connectivity index (χ0n) is 41.0. The van der Waals surface area contributed by atoms with E-state index in [4.69, 9.17) is 0 Å². The van der Waals surface area contributed by atoms with Gasteiger partial charge in [-0.1, -0.05) is 284 Å². The molecule has 340 valence electrons. The monoisotopic (exact) mass is 900 g/mol. The van der Waals surface area contributed by atoms with Gasteiger partial charge in [-0.2, -0.15) is 0 Å². The molecule has 0 amide bonds. The molecule has 0 aliphatic heterocycles. The lowest BCUT2D eigenvalue weighted by Gasteiger charge is -2.46. The van der Waals surface area contributed by atoms with E-state index in [1.165, 1.54) is 106 Å². The van der Waals surface area contributed by atoms with Crippen LogP contribution >= 0.6 is 0 Å². The second-order valence-electron chi connectivity index (χ2n) is 18.8. The Kier molecular flexibility index (Phi) is 12.7.